The van der Waals surface area contributed by atoms with Crippen LogP contribution in [0.2, 0.25) is 0 Å². The van der Waals surface area contributed by atoms with E-state index in [2.05, 4.69) is 14.9 Å². The highest BCUT2D eigenvalue weighted by Gasteiger charge is 2.34. The van der Waals surface area contributed by atoms with E-state index in [1.165, 1.54) is 6.26 Å². The summed E-state index contributed by atoms with van der Waals surface area (Å²) in [6, 6.07) is 15.3. The van der Waals surface area contributed by atoms with Crippen LogP contribution in [0.1, 0.15) is 41.0 Å². The highest BCUT2D eigenvalue weighted by Crippen LogP contribution is 2.32. The van der Waals surface area contributed by atoms with Crippen LogP contribution in [-0.4, -0.2) is 65.4 Å². The molecule has 0 radical (unpaired) electrons. The van der Waals surface area contributed by atoms with Crippen molar-refractivity contribution in [1.29, 1.82) is 0 Å². The first-order valence-corrected chi connectivity index (χ1v) is 13.8. The number of nitrogens with zero attached hydrogens (tertiary/aromatic N) is 4. The van der Waals surface area contributed by atoms with Crippen molar-refractivity contribution in [3.8, 4) is 0 Å². The van der Waals surface area contributed by atoms with E-state index in [0.29, 0.717) is 38.2 Å². The summed E-state index contributed by atoms with van der Waals surface area (Å²) in [5, 5.41) is 0. The quantitative estimate of drug-likeness (QED) is 0.518. The van der Waals surface area contributed by atoms with E-state index in [1.54, 1.807) is 15.5 Å². The molecule has 1 unspecified atom stereocenters. The number of hydrogen-bond donors (Lipinski definition) is 1. The molecule has 1 aromatic heterocycles. The zero-order valence-corrected chi connectivity index (χ0v) is 21.3. The average Bonchev–Trinajstić information content (AvgIpc) is 3.30. The number of carbonyl (C=O) groups excluding carboxylic acids is 1. The summed E-state index contributed by atoms with van der Waals surface area (Å²) in [6.45, 7) is 6.39. The zero-order chi connectivity index (χ0) is 25.0. The second kappa shape index (κ2) is 10.6. The minimum absolute atomic E-state index is 0.0485. The predicted molar refractivity (Wildman–Crippen MR) is 138 cm³/mol. The molecule has 1 aliphatic rings. The van der Waals surface area contributed by atoms with Gasteiger partial charge in [-0.05, 0) is 49.6 Å². The number of hydrogen-bond acceptors (Lipinski definition) is 5. The molecular formula is C26H33N5O3S. The fourth-order valence-corrected chi connectivity index (χ4v) is 5.81. The normalized spacial score (nSPS) is 16.5. The topological polar surface area (TPSA) is 89.6 Å². The molecule has 9 heteroatoms. The first-order chi connectivity index (χ1) is 16.8. The Balaban J connectivity index is 1.77. The standard InChI is InChI=1S/C26H33N5O3S/c1-4-29(5-2)26(32)21-11-12-25-22(14-21)16-31(35(3,33)34)24(13-20-9-7-6-8-10-20)18-30(25)17-23-15-27-19-28-23/h6-12,14-15,19,24H,4-5,13,16-18H2,1-3H3,(H,27,28). The van der Waals surface area contributed by atoms with E-state index in [0.717, 1.165) is 22.5 Å². The maximum Gasteiger partial charge on any atom is 0.253 e. The van der Waals surface area contributed by atoms with Gasteiger partial charge in [0.15, 0.2) is 0 Å². The molecule has 1 aliphatic heterocycles. The molecule has 0 saturated heterocycles. The molecule has 2 aromatic carbocycles. The third-order valence-corrected chi connectivity index (χ3v) is 7.81. The van der Waals surface area contributed by atoms with Crippen LogP contribution in [-0.2, 0) is 29.5 Å². The maximum absolute atomic E-state index is 13.1. The summed E-state index contributed by atoms with van der Waals surface area (Å²) in [5.74, 6) is -0.0485. The first kappa shape index (κ1) is 24.9. The lowest BCUT2D eigenvalue weighted by atomic mass is 10.1. The van der Waals surface area contributed by atoms with Gasteiger partial charge in [-0.1, -0.05) is 30.3 Å². The highest BCUT2D eigenvalue weighted by molar-refractivity contribution is 7.88. The minimum atomic E-state index is -3.52. The van der Waals surface area contributed by atoms with Crippen molar-refractivity contribution < 1.29 is 13.2 Å². The van der Waals surface area contributed by atoms with Gasteiger partial charge in [-0.2, -0.15) is 4.31 Å². The van der Waals surface area contributed by atoms with Gasteiger partial charge in [-0.25, -0.2) is 13.4 Å². The predicted octanol–water partition coefficient (Wildman–Crippen LogP) is 3.28. The smallest absolute Gasteiger partial charge is 0.253 e. The fraction of sp³-hybridized carbons (Fsp3) is 0.385. The number of sulfonamides is 1. The van der Waals surface area contributed by atoms with Crippen molar-refractivity contribution in [2.45, 2.75) is 39.4 Å². The van der Waals surface area contributed by atoms with E-state index in [9.17, 15) is 13.2 Å². The summed E-state index contributed by atoms with van der Waals surface area (Å²) in [5.41, 5.74) is 4.26. The van der Waals surface area contributed by atoms with Gasteiger partial charge in [0.05, 0.1) is 24.8 Å². The Morgan fingerprint density at radius 2 is 1.89 bits per heavy atom. The Hall–Kier alpha value is -3.17. The number of rotatable bonds is 8. The van der Waals surface area contributed by atoms with Crippen LogP contribution < -0.4 is 4.90 Å². The second-order valence-electron chi connectivity index (χ2n) is 8.91. The van der Waals surface area contributed by atoms with Crippen molar-refractivity contribution >= 4 is 21.6 Å². The van der Waals surface area contributed by atoms with Crippen LogP contribution in [0.25, 0.3) is 0 Å². The van der Waals surface area contributed by atoms with Gasteiger partial charge < -0.3 is 14.8 Å². The van der Waals surface area contributed by atoms with E-state index in [4.69, 9.17) is 0 Å². The minimum Gasteiger partial charge on any atom is -0.364 e. The number of anilines is 1. The number of amides is 1. The van der Waals surface area contributed by atoms with E-state index >= 15 is 0 Å². The Bertz CT molecular complexity index is 1240. The van der Waals surface area contributed by atoms with Crippen molar-refractivity contribution in [2.75, 3.05) is 30.8 Å². The number of fused-ring (bicyclic) bond motifs is 1. The number of aromatic amines is 1. The van der Waals surface area contributed by atoms with Crippen LogP contribution in [0.5, 0.6) is 0 Å². The molecule has 0 aliphatic carbocycles. The maximum atomic E-state index is 13.1. The molecule has 0 spiro atoms. The lowest BCUT2D eigenvalue weighted by molar-refractivity contribution is 0.0773. The lowest BCUT2D eigenvalue weighted by Crippen LogP contribution is -2.45. The summed E-state index contributed by atoms with van der Waals surface area (Å²) >= 11 is 0. The Kier molecular flexibility index (Phi) is 7.57. The van der Waals surface area contributed by atoms with Crippen LogP contribution in [0.4, 0.5) is 5.69 Å². The van der Waals surface area contributed by atoms with E-state index in [-0.39, 0.29) is 18.5 Å². The molecule has 0 saturated carbocycles. The van der Waals surface area contributed by atoms with Crippen LogP contribution in [0, 0.1) is 0 Å². The number of benzene rings is 2. The van der Waals surface area contributed by atoms with Gasteiger partial charge in [-0.15, -0.1) is 0 Å². The molecule has 3 aromatic rings. The van der Waals surface area contributed by atoms with E-state index < -0.39 is 10.0 Å². The molecule has 1 N–H and O–H groups in total. The third kappa shape index (κ3) is 5.74. The van der Waals surface area contributed by atoms with Crippen molar-refractivity contribution in [3.63, 3.8) is 0 Å². The number of aromatic nitrogens is 2. The summed E-state index contributed by atoms with van der Waals surface area (Å²) < 4.78 is 27.6. The molecule has 35 heavy (non-hydrogen) atoms. The molecule has 1 amide bonds. The summed E-state index contributed by atoms with van der Waals surface area (Å²) in [6.07, 6.45) is 5.34. The fourth-order valence-electron chi connectivity index (χ4n) is 4.75. The van der Waals surface area contributed by atoms with Crippen molar-refractivity contribution in [2.24, 2.45) is 0 Å². The average molecular weight is 496 g/mol. The number of H-pyrrole nitrogens is 1. The third-order valence-electron chi connectivity index (χ3n) is 6.53. The Morgan fingerprint density at radius 1 is 1.14 bits per heavy atom. The van der Waals surface area contributed by atoms with E-state index in [1.807, 2.05) is 68.6 Å². The van der Waals surface area contributed by atoms with Gasteiger partial charge in [-0.3, -0.25) is 4.79 Å². The Morgan fingerprint density at radius 3 is 2.51 bits per heavy atom. The van der Waals surface area contributed by atoms with Crippen LogP contribution >= 0.6 is 0 Å². The number of nitrogens with one attached hydrogen (secondary N) is 1. The molecule has 0 bridgehead atoms. The van der Waals surface area contributed by atoms with Gasteiger partial charge >= 0.3 is 0 Å². The van der Waals surface area contributed by atoms with Crippen molar-refractivity contribution in [3.05, 3.63) is 83.4 Å². The number of imidazole rings is 1. The van der Waals surface area contributed by atoms with Crippen LogP contribution in [0.3, 0.4) is 0 Å². The first-order valence-electron chi connectivity index (χ1n) is 12.0. The summed E-state index contributed by atoms with van der Waals surface area (Å²) in [7, 11) is -3.52. The lowest BCUT2D eigenvalue weighted by Gasteiger charge is -2.31. The van der Waals surface area contributed by atoms with Gasteiger partial charge in [0.25, 0.3) is 5.91 Å². The van der Waals surface area contributed by atoms with Crippen molar-refractivity contribution in [1.82, 2.24) is 19.2 Å². The molecule has 2 heterocycles. The van der Waals surface area contributed by atoms with Gasteiger partial charge in [0.2, 0.25) is 10.0 Å². The molecule has 0 fully saturated rings. The van der Waals surface area contributed by atoms with Gasteiger partial charge in [0, 0.05) is 49.7 Å². The highest BCUT2D eigenvalue weighted by atomic mass is 32.2. The number of carbonyl (C=O) groups is 1. The molecular weight excluding hydrogens is 462 g/mol. The molecule has 8 nitrogen and oxygen atoms in total. The monoisotopic (exact) mass is 495 g/mol. The van der Waals surface area contributed by atoms with Gasteiger partial charge in [0.1, 0.15) is 0 Å². The SMILES string of the molecule is CCN(CC)C(=O)c1ccc2c(c1)CN(S(C)(=O)=O)C(Cc1ccccc1)CN2Cc1c[nH]cn1. The molecule has 1 atom stereocenters. The largest absolute Gasteiger partial charge is 0.364 e. The zero-order valence-electron chi connectivity index (χ0n) is 20.5. The molecule has 4 rings (SSSR count). The van der Waals surface area contributed by atoms with Crippen LogP contribution in [0.15, 0.2) is 61.1 Å². The molecule has 186 valence electrons. The summed E-state index contributed by atoms with van der Waals surface area (Å²) in [4.78, 5) is 24.4. The second-order valence-corrected chi connectivity index (χ2v) is 10.8. The Labute approximate surface area is 207 Å².